The van der Waals surface area contributed by atoms with Crippen molar-refractivity contribution < 1.29 is 14.3 Å². The number of ether oxygens (including phenoxy) is 2. The van der Waals surface area contributed by atoms with E-state index in [0.717, 1.165) is 30.7 Å². The van der Waals surface area contributed by atoms with Gasteiger partial charge in [0.25, 0.3) is 5.91 Å². The number of hydrogen-bond acceptors (Lipinski definition) is 6. The Hall–Kier alpha value is -2.87. The molecule has 0 radical (unpaired) electrons. The molecule has 1 N–H and O–H groups in total. The zero-order valence-corrected chi connectivity index (χ0v) is 17.4. The number of hydrogen-bond donors (Lipinski definition) is 1. The largest absolute Gasteiger partial charge is 0.493 e. The van der Waals surface area contributed by atoms with Gasteiger partial charge >= 0.3 is 0 Å². The predicted octanol–water partition coefficient (Wildman–Crippen LogP) is 4.46. The minimum Gasteiger partial charge on any atom is -0.493 e. The van der Waals surface area contributed by atoms with E-state index in [-0.39, 0.29) is 11.4 Å². The number of amides is 1. The van der Waals surface area contributed by atoms with Crippen LogP contribution in [0.3, 0.4) is 0 Å². The standard InChI is InChI=1S/C21H24N4O3S/c1-4-6-7-8-18-24-25-19(22)15(20(26)23-21(25)29-18)12-14-9-10-16(28-11-5-2)17(13-14)27-3/h5,9-10,12-13,22H,2,4,6-8,11H2,1,3H3/b15-12+,22-19?. The molecule has 0 aliphatic carbocycles. The van der Waals surface area contributed by atoms with E-state index in [1.54, 1.807) is 37.5 Å². The first kappa shape index (κ1) is 20.9. The Morgan fingerprint density at radius 3 is 2.86 bits per heavy atom. The molecular formula is C21H24N4O3S. The minimum atomic E-state index is -0.440. The second-order valence-corrected chi connectivity index (χ2v) is 7.52. The summed E-state index contributed by atoms with van der Waals surface area (Å²) in [7, 11) is 1.55. The molecule has 1 amide bonds. The second kappa shape index (κ2) is 9.56. The highest BCUT2D eigenvalue weighted by Crippen LogP contribution is 2.32. The van der Waals surface area contributed by atoms with Gasteiger partial charge in [-0.2, -0.15) is 15.1 Å². The Bertz CT molecular complexity index is 921. The summed E-state index contributed by atoms with van der Waals surface area (Å²) in [5, 5.41) is 15.7. The SMILES string of the molecule is C=CCOc1ccc(/C=C2\C(=N)N3N=C(CCCCC)SC3=NC2=O)cc1OC. The van der Waals surface area contributed by atoms with Gasteiger partial charge in [-0.3, -0.25) is 10.2 Å². The van der Waals surface area contributed by atoms with Gasteiger partial charge in [0.15, 0.2) is 17.3 Å². The highest BCUT2D eigenvalue weighted by atomic mass is 32.2. The van der Waals surface area contributed by atoms with E-state index < -0.39 is 5.91 Å². The molecule has 0 bridgehead atoms. The van der Waals surface area contributed by atoms with Gasteiger partial charge in [0.1, 0.15) is 11.7 Å². The van der Waals surface area contributed by atoms with Crippen molar-refractivity contribution in [3.05, 3.63) is 42.0 Å². The zero-order chi connectivity index (χ0) is 20.8. The first-order valence-electron chi connectivity index (χ1n) is 9.48. The van der Waals surface area contributed by atoms with Crippen LogP contribution in [0.4, 0.5) is 0 Å². The average molecular weight is 413 g/mol. The van der Waals surface area contributed by atoms with Crippen molar-refractivity contribution in [3.63, 3.8) is 0 Å². The lowest BCUT2D eigenvalue weighted by Crippen LogP contribution is -2.35. The number of carbonyl (C=O) groups excluding carboxylic acids is 1. The van der Waals surface area contributed by atoms with E-state index in [4.69, 9.17) is 14.9 Å². The quantitative estimate of drug-likeness (QED) is 0.368. The fourth-order valence-corrected chi connectivity index (χ4v) is 3.79. The average Bonchev–Trinajstić information content (AvgIpc) is 3.13. The Labute approximate surface area is 174 Å². The molecule has 0 unspecified atom stereocenters. The molecule has 1 aromatic carbocycles. The molecule has 0 saturated heterocycles. The van der Waals surface area contributed by atoms with Crippen LogP contribution in [0.15, 0.2) is 46.5 Å². The molecule has 152 valence electrons. The Kier molecular flexibility index (Phi) is 6.87. The smallest absolute Gasteiger partial charge is 0.283 e. The van der Waals surface area contributed by atoms with Crippen LogP contribution in [0.1, 0.15) is 38.2 Å². The normalized spacial score (nSPS) is 17.2. The Morgan fingerprint density at radius 1 is 1.31 bits per heavy atom. The molecule has 2 aliphatic rings. The number of methoxy groups -OCH3 is 1. The highest BCUT2D eigenvalue weighted by molar-refractivity contribution is 8.26. The van der Waals surface area contributed by atoms with Gasteiger partial charge in [-0.25, -0.2) is 0 Å². The van der Waals surface area contributed by atoms with E-state index >= 15 is 0 Å². The third kappa shape index (κ3) is 4.76. The van der Waals surface area contributed by atoms with Gasteiger partial charge in [0.05, 0.1) is 12.7 Å². The van der Waals surface area contributed by atoms with Crippen LogP contribution >= 0.6 is 11.8 Å². The molecule has 0 fully saturated rings. The molecule has 2 heterocycles. The lowest BCUT2D eigenvalue weighted by molar-refractivity contribution is -0.114. The minimum absolute atomic E-state index is 0.0314. The van der Waals surface area contributed by atoms with Crippen LogP contribution < -0.4 is 9.47 Å². The van der Waals surface area contributed by atoms with Crippen LogP contribution in [0.5, 0.6) is 11.5 Å². The summed E-state index contributed by atoms with van der Waals surface area (Å²) in [5.74, 6) is 0.707. The van der Waals surface area contributed by atoms with Crippen LogP contribution in [0.25, 0.3) is 6.08 Å². The van der Waals surface area contributed by atoms with Crippen molar-refractivity contribution in [1.82, 2.24) is 5.01 Å². The fraction of sp³-hybridized carbons (Fsp3) is 0.333. The van der Waals surface area contributed by atoms with E-state index in [0.29, 0.717) is 28.8 Å². The monoisotopic (exact) mass is 412 g/mol. The molecule has 0 aromatic heterocycles. The number of unbranched alkanes of at least 4 members (excludes halogenated alkanes) is 2. The third-order valence-corrected chi connectivity index (χ3v) is 5.31. The van der Waals surface area contributed by atoms with E-state index in [9.17, 15) is 4.79 Å². The molecule has 29 heavy (non-hydrogen) atoms. The zero-order valence-electron chi connectivity index (χ0n) is 16.6. The van der Waals surface area contributed by atoms with E-state index in [2.05, 4.69) is 23.6 Å². The number of fused-ring (bicyclic) bond motifs is 1. The number of hydrazone groups is 1. The van der Waals surface area contributed by atoms with Crippen LogP contribution in [-0.2, 0) is 4.79 Å². The fourth-order valence-electron chi connectivity index (χ4n) is 2.87. The summed E-state index contributed by atoms with van der Waals surface area (Å²) in [4.78, 5) is 16.7. The summed E-state index contributed by atoms with van der Waals surface area (Å²) < 4.78 is 10.9. The maximum atomic E-state index is 12.5. The number of aliphatic imine (C=N–C) groups is 1. The maximum Gasteiger partial charge on any atom is 0.283 e. The van der Waals surface area contributed by atoms with Gasteiger partial charge in [0.2, 0.25) is 5.17 Å². The summed E-state index contributed by atoms with van der Waals surface area (Å²) in [6, 6.07) is 5.31. The van der Waals surface area contributed by atoms with Gasteiger partial charge in [-0.15, -0.1) is 0 Å². The Morgan fingerprint density at radius 2 is 2.14 bits per heavy atom. The first-order valence-corrected chi connectivity index (χ1v) is 10.3. The summed E-state index contributed by atoms with van der Waals surface area (Å²) in [6.07, 6.45) is 7.40. The topological polar surface area (TPSA) is 87.3 Å². The lowest BCUT2D eigenvalue weighted by Gasteiger charge is -2.20. The summed E-state index contributed by atoms with van der Waals surface area (Å²) in [5.41, 5.74) is 0.897. The van der Waals surface area contributed by atoms with Crippen LogP contribution in [0.2, 0.25) is 0 Å². The second-order valence-electron chi connectivity index (χ2n) is 6.48. The lowest BCUT2D eigenvalue weighted by atomic mass is 10.1. The summed E-state index contributed by atoms with van der Waals surface area (Å²) >= 11 is 1.37. The van der Waals surface area contributed by atoms with Crippen molar-refractivity contribution in [2.24, 2.45) is 10.1 Å². The maximum absolute atomic E-state index is 12.5. The number of benzene rings is 1. The molecule has 0 saturated carbocycles. The molecule has 7 nitrogen and oxygen atoms in total. The van der Waals surface area contributed by atoms with Gasteiger partial charge in [-0.05, 0) is 48.4 Å². The molecule has 8 heteroatoms. The third-order valence-electron chi connectivity index (χ3n) is 4.35. The predicted molar refractivity (Wildman–Crippen MR) is 118 cm³/mol. The molecule has 2 aliphatic heterocycles. The molecule has 0 atom stereocenters. The van der Waals surface area contributed by atoms with Crippen LogP contribution in [0, 0.1) is 5.41 Å². The number of nitrogens with zero attached hydrogens (tertiary/aromatic N) is 3. The number of thioether (sulfide) groups is 1. The van der Waals surface area contributed by atoms with Crippen molar-refractivity contribution in [1.29, 1.82) is 5.41 Å². The number of nitrogens with one attached hydrogen (secondary N) is 1. The number of amidine groups is 2. The summed E-state index contributed by atoms with van der Waals surface area (Å²) in [6.45, 7) is 6.14. The molecule has 1 aromatic rings. The van der Waals surface area contributed by atoms with Crippen LogP contribution in [-0.4, -0.2) is 40.7 Å². The van der Waals surface area contributed by atoms with Gasteiger partial charge in [0, 0.05) is 0 Å². The molecular weight excluding hydrogens is 388 g/mol. The van der Waals surface area contributed by atoms with E-state index in [1.165, 1.54) is 16.8 Å². The van der Waals surface area contributed by atoms with Crippen molar-refractivity contribution in [3.8, 4) is 11.5 Å². The number of carbonyl (C=O) groups is 1. The highest BCUT2D eigenvalue weighted by Gasteiger charge is 2.35. The van der Waals surface area contributed by atoms with Crippen molar-refractivity contribution >= 4 is 39.8 Å². The number of rotatable bonds is 9. The van der Waals surface area contributed by atoms with Crippen molar-refractivity contribution in [2.75, 3.05) is 13.7 Å². The van der Waals surface area contributed by atoms with E-state index in [1.807, 2.05) is 0 Å². The van der Waals surface area contributed by atoms with Gasteiger partial charge < -0.3 is 9.47 Å². The molecule has 3 rings (SSSR count). The first-order chi connectivity index (χ1) is 14.1. The van der Waals surface area contributed by atoms with Gasteiger partial charge in [-0.1, -0.05) is 38.5 Å². The van der Waals surface area contributed by atoms with Crippen molar-refractivity contribution in [2.45, 2.75) is 32.6 Å². The molecule has 0 spiro atoms. The Balaban J connectivity index is 1.83.